The highest BCUT2D eigenvalue weighted by Gasteiger charge is 2.49. The molecule has 7 heteroatoms. The van der Waals surface area contributed by atoms with Gasteiger partial charge in [-0.3, -0.25) is 14.6 Å². The van der Waals surface area contributed by atoms with Gasteiger partial charge in [0, 0.05) is 37.3 Å². The minimum atomic E-state index is -0.639. The van der Waals surface area contributed by atoms with Gasteiger partial charge in [-0.1, -0.05) is 20.8 Å². The number of hydrogen-bond acceptors (Lipinski definition) is 6. The fraction of sp³-hybridized carbons (Fsp3) is 0.688. The van der Waals surface area contributed by atoms with Crippen molar-refractivity contribution in [2.45, 2.75) is 38.6 Å². The summed E-state index contributed by atoms with van der Waals surface area (Å²) in [6.45, 7) is 11.8. The fourth-order valence-corrected chi connectivity index (χ4v) is 4.22. The van der Waals surface area contributed by atoms with Crippen LogP contribution >= 0.6 is 11.3 Å². The highest BCUT2D eigenvalue weighted by molar-refractivity contribution is 7.15. The number of nitriles is 1. The first-order chi connectivity index (χ1) is 10.8. The Morgan fingerprint density at radius 2 is 2.00 bits per heavy atom. The first kappa shape index (κ1) is 16.2. The van der Waals surface area contributed by atoms with Crippen LogP contribution in [-0.2, 0) is 10.2 Å². The molecule has 0 bridgehead atoms. The van der Waals surface area contributed by atoms with Gasteiger partial charge in [-0.05, 0) is 12.3 Å². The Labute approximate surface area is 141 Å². The lowest BCUT2D eigenvalue weighted by atomic mass is 9.92. The van der Waals surface area contributed by atoms with Crippen molar-refractivity contribution in [3.8, 4) is 6.19 Å². The van der Waals surface area contributed by atoms with Crippen LogP contribution in [0.1, 0.15) is 32.6 Å². The van der Waals surface area contributed by atoms with Gasteiger partial charge in [0.2, 0.25) is 0 Å². The Balaban J connectivity index is 1.87. The summed E-state index contributed by atoms with van der Waals surface area (Å²) in [4.78, 5) is 24.5. The number of piperazine rings is 2. The first-order valence-corrected chi connectivity index (χ1v) is 8.75. The molecule has 1 amide bonds. The topological polar surface area (TPSA) is 63.5 Å². The van der Waals surface area contributed by atoms with Gasteiger partial charge in [-0.2, -0.15) is 5.26 Å². The Morgan fingerprint density at radius 1 is 1.30 bits per heavy atom. The molecule has 1 aromatic heterocycles. The first-order valence-electron chi connectivity index (χ1n) is 7.94. The van der Waals surface area contributed by atoms with E-state index >= 15 is 0 Å². The zero-order chi connectivity index (χ0) is 16.8. The molecule has 1 atom stereocenters. The quantitative estimate of drug-likeness (QED) is 0.731. The summed E-state index contributed by atoms with van der Waals surface area (Å²) >= 11 is 1.59. The summed E-state index contributed by atoms with van der Waals surface area (Å²) in [5, 5.41) is 9.95. The number of amides is 1. The van der Waals surface area contributed by atoms with Crippen LogP contribution in [0.3, 0.4) is 0 Å². The number of carbonyl (C=O) groups is 1. The van der Waals surface area contributed by atoms with Gasteiger partial charge in [0.15, 0.2) is 11.3 Å². The maximum Gasteiger partial charge on any atom is 0.250 e. The Kier molecular flexibility index (Phi) is 3.85. The number of aromatic nitrogens is 1. The molecule has 2 aliphatic heterocycles. The number of nitrogens with zero attached hydrogens (tertiary/aromatic N) is 5. The van der Waals surface area contributed by atoms with E-state index in [1.54, 1.807) is 21.1 Å². The van der Waals surface area contributed by atoms with Crippen molar-refractivity contribution in [2.24, 2.45) is 0 Å². The Morgan fingerprint density at radius 3 is 2.61 bits per heavy atom. The van der Waals surface area contributed by atoms with Crippen LogP contribution in [-0.4, -0.2) is 59.0 Å². The second kappa shape index (κ2) is 5.46. The van der Waals surface area contributed by atoms with Crippen molar-refractivity contribution in [2.75, 3.05) is 37.6 Å². The second-order valence-electron chi connectivity index (χ2n) is 7.50. The molecule has 3 rings (SSSR count). The van der Waals surface area contributed by atoms with Crippen LogP contribution in [0.15, 0.2) is 6.20 Å². The van der Waals surface area contributed by atoms with Gasteiger partial charge < -0.3 is 4.90 Å². The Bertz CT molecular complexity index is 658. The number of anilines is 1. The van der Waals surface area contributed by atoms with E-state index in [-0.39, 0.29) is 11.3 Å². The van der Waals surface area contributed by atoms with E-state index < -0.39 is 5.54 Å². The maximum atomic E-state index is 13.1. The number of thiazole rings is 1. The molecule has 0 N–H and O–H groups in total. The van der Waals surface area contributed by atoms with Crippen LogP contribution in [0.25, 0.3) is 0 Å². The van der Waals surface area contributed by atoms with E-state index in [9.17, 15) is 10.1 Å². The third kappa shape index (κ3) is 2.70. The molecule has 0 aromatic carbocycles. The summed E-state index contributed by atoms with van der Waals surface area (Å²) in [5.74, 6) is 0.0542. The van der Waals surface area contributed by atoms with E-state index in [1.165, 1.54) is 4.88 Å². The molecule has 2 fully saturated rings. The SMILES string of the molecule is CC(C)(C)c1cnc(N2CCN3CCN(C#N)C[C@@]3(C)C2=O)s1. The molecule has 3 heterocycles. The second-order valence-corrected chi connectivity index (χ2v) is 8.51. The molecule has 23 heavy (non-hydrogen) atoms. The third-order valence-electron chi connectivity index (χ3n) is 4.74. The molecule has 6 nitrogen and oxygen atoms in total. The highest BCUT2D eigenvalue weighted by Crippen LogP contribution is 2.35. The molecule has 1 aromatic rings. The molecule has 0 spiro atoms. The smallest absolute Gasteiger partial charge is 0.250 e. The lowest BCUT2D eigenvalue weighted by molar-refractivity contribution is -0.136. The number of rotatable bonds is 1. The minimum Gasteiger partial charge on any atom is -0.307 e. The molecule has 0 radical (unpaired) electrons. The molecular weight excluding hydrogens is 310 g/mol. The van der Waals surface area contributed by atoms with Gasteiger partial charge in [0.25, 0.3) is 5.91 Å². The predicted octanol–water partition coefficient (Wildman–Crippen LogP) is 1.64. The van der Waals surface area contributed by atoms with Crippen molar-refractivity contribution < 1.29 is 4.79 Å². The van der Waals surface area contributed by atoms with Gasteiger partial charge >= 0.3 is 0 Å². The van der Waals surface area contributed by atoms with Crippen LogP contribution in [0, 0.1) is 11.5 Å². The Hall–Kier alpha value is -1.65. The maximum absolute atomic E-state index is 13.1. The molecule has 124 valence electrons. The van der Waals surface area contributed by atoms with E-state index in [1.807, 2.05) is 13.1 Å². The summed E-state index contributed by atoms with van der Waals surface area (Å²) in [6.07, 6.45) is 4.06. The summed E-state index contributed by atoms with van der Waals surface area (Å²) < 4.78 is 0. The van der Waals surface area contributed by atoms with Gasteiger partial charge in [0.05, 0.1) is 6.54 Å². The van der Waals surface area contributed by atoms with Crippen LogP contribution in [0.2, 0.25) is 0 Å². The van der Waals surface area contributed by atoms with E-state index in [2.05, 4.69) is 36.8 Å². The fourth-order valence-electron chi connectivity index (χ4n) is 3.22. The average molecular weight is 333 g/mol. The third-order valence-corrected chi connectivity index (χ3v) is 6.19. The van der Waals surface area contributed by atoms with Crippen molar-refractivity contribution >= 4 is 22.4 Å². The lowest BCUT2D eigenvalue weighted by Crippen LogP contribution is -2.71. The van der Waals surface area contributed by atoms with E-state index in [0.717, 1.165) is 18.2 Å². The van der Waals surface area contributed by atoms with Gasteiger partial charge in [0.1, 0.15) is 5.54 Å². The molecular formula is C16H23N5OS. The van der Waals surface area contributed by atoms with Crippen molar-refractivity contribution in [3.63, 3.8) is 0 Å². The van der Waals surface area contributed by atoms with Gasteiger partial charge in [-0.25, -0.2) is 4.98 Å². The minimum absolute atomic E-state index is 0.0349. The van der Waals surface area contributed by atoms with Crippen molar-refractivity contribution in [1.82, 2.24) is 14.8 Å². The van der Waals surface area contributed by atoms with Crippen LogP contribution in [0.5, 0.6) is 0 Å². The van der Waals surface area contributed by atoms with Crippen molar-refractivity contribution in [1.29, 1.82) is 5.26 Å². The number of hydrogen-bond donors (Lipinski definition) is 0. The van der Waals surface area contributed by atoms with Gasteiger partial charge in [-0.15, -0.1) is 11.3 Å². The van der Waals surface area contributed by atoms with Crippen LogP contribution in [0.4, 0.5) is 5.13 Å². The summed E-state index contributed by atoms with van der Waals surface area (Å²) in [7, 11) is 0. The van der Waals surface area contributed by atoms with Crippen LogP contribution < -0.4 is 4.90 Å². The average Bonchev–Trinajstić information content (AvgIpc) is 2.98. The molecule has 2 saturated heterocycles. The predicted molar refractivity (Wildman–Crippen MR) is 90.3 cm³/mol. The van der Waals surface area contributed by atoms with E-state index in [4.69, 9.17) is 0 Å². The molecule has 0 saturated carbocycles. The molecule has 0 aliphatic carbocycles. The number of carbonyl (C=O) groups excluding carboxylic acids is 1. The lowest BCUT2D eigenvalue weighted by Gasteiger charge is -2.51. The normalized spacial score (nSPS) is 26.1. The summed E-state index contributed by atoms with van der Waals surface area (Å²) in [5.41, 5.74) is -0.604. The summed E-state index contributed by atoms with van der Waals surface area (Å²) in [6, 6.07) is 0. The van der Waals surface area contributed by atoms with E-state index in [0.29, 0.717) is 19.6 Å². The van der Waals surface area contributed by atoms with Crippen molar-refractivity contribution in [3.05, 3.63) is 11.1 Å². The molecule has 0 unspecified atom stereocenters. The standard InChI is InChI=1S/C16H23N5OS/c1-15(2,3)12-9-18-14(23-12)21-8-7-20-6-5-19(11-17)10-16(20,4)13(21)22/h9H,5-8,10H2,1-4H3/t16-/m0/s1. The number of fused-ring (bicyclic) bond motifs is 1. The highest BCUT2D eigenvalue weighted by atomic mass is 32.1. The molecule has 2 aliphatic rings. The largest absolute Gasteiger partial charge is 0.307 e. The zero-order valence-corrected chi connectivity index (χ0v) is 15.0. The monoisotopic (exact) mass is 333 g/mol. The zero-order valence-electron chi connectivity index (χ0n) is 14.2.